The lowest BCUT2D eigenvalue weighted by Crippen LogP contribution is -2.47. The highest BCUT2D eigenvalue weighted by Gasteiger charge is 2.26. The van der Waals surface area contributed by atoms with Gasteiger partial charge < -0.3 is 10.2 Å². The van der Waals surface area contributed by atoms with Gasteiger partial charge in [-0.05, 0) is 30.7 Å². The van der Waals surface area contributed by atoms with Crippen LogP contribution in [0.3, 0.4) is 0 Å². The van der Waals surface area contributed by atoms with E-state index in [0.29, 0.717) is 21.2 Å². The van der Waals surface area contributed by atoms with Crippen molar-refractivity contribution in [3.05, 3.63) is 69.5 Å². The number of carbonyl (C=O) groups is 2. The van der Waals surface area contributed by atoms with E-state index in [9.17, 15) is 14.0 Å². The number of benzene rings is 2. The molecule has 0 aliphatic carbocycles. The number of nitrogens with one attached hydrogen (secondary N) is 1. The largest absolute Gasteiger partial charge is 0.357 e. The van der Waals surface area contributed by atoms with Gasteiger partial charge in [-0.15, -0.1) is 0 Å². The number of carbonyl (C=O) groups excluding carboxylic acids is 2. The first kappa shape index (κ1) is 20.2. The van der Waals surface area contributed by atoms with Gasteiger partial charge in [-0.2, -0.15) is 0 Å². The molecule has 0 radical (unpaired) electrons. The summed E-state index contributed by atoms with van der Waals surface area (Å²) < 4.78 is 14.0. The van der Waals surface area contributed by atoms with Crippen molar-refractivity contribution in [2.24, 2.45) is 0 Å². The summed E-state index contributed by atoms with van der Waals surface area (Å²) in [5, 5.41) is 3.34. The van der Waals surface area contributed by atoms with Crippen LogP contribution < -0.4 is 5.32 Å². The molecule has 0 fully saturated rings. The summed E-state index contributed by atoms with van der Waals surface area (Å²) >= 11 is 12.0. The minimum atomic E-state index is -0.766. The van der Waals surface area contributed by atoms with Crippen LogP contribution in [0.1, 0.15) is 18.1 Å². The molecule has 1 atom stereocenters. The first-order chi connectivity index (χ1) is 12.3. The summed E-state index contributed by atoms with van der Waals surface area (Å²) in [7, 11) is 1.49. The molecule has 0 spiro atoms. The van der Waals surface area contributed by atoms with Crippen molar-refractivity contribution in [2.45, 2.75) is 25.9 Å². The molecular weight excluding hydrogens is 378 g/mol. The lowest BCUT2D eigenvalue weighted by Gasteiger charge is -2.28. The predicted octanol–water partition coefficient (Wildman–Crippen LogP) is 3.84. The fourth-order valence-corrected chi connectivity index (χ4v) is 3.01. The highest BCUT2D eigenvalue weighted by molar-refractivity contribution is 6.35. The Morgan fingerprint density at radius 2 is 1.85 bits per heavy atom. The second-order valence-corrected chi connectivity index (χ2v) is 6.66. The summed E-state index contributed by atoms with van der Waals surface area (Å²) in [6.45, 7) is 1.58. The summed E-state index contributed by atoms with van der Waals surface area (Å²) in [6, 6.07) is 10.2. The summed E-state index contributed by atoms with van der Waals surface area (Å²) in [5.74, 6) is -1.11. The van der Waals surface area contributed by atoms with E-state index in [2.05, 4.69) is 5.32 Å². The summed E-state index contributed by atoms with van der Waals surface area (Å²) in [5.41, 5.74) is 0.919. The molecule has 0 aromatic heterocycles. The molecule has 0 unspecified atom stereocenters. The van der Waals surface area contributed by atoms with Crippen LogP contribution in [0.2, 0.25) is 10.0 Å². The van der Waals surface area contributed by atoms with Crippen LogP contribution in [0.5, 0.6) is 0 Å². The number of amides is 2. The van der Waals surface area contributed by atoms with E-state index in [0.717, 1.165) is 0 Å². The number of likely N-dealkylation sites (N-methyl/N-ethyl adjacent to an activating group) is 1. The van der Waals surface area contributed by atoms with Crippen LogP contribution in [-0.2, 0) is 22.6 Å². The van der Waals surface area contributed by atoms with Gasteiger partial charge in [0.2, 0.25) is 11.8 Å². The van der Waals surface area contributed by atoms with Crippen molar-refractivity contribution >= 4 is 35.0 Å². The molecule has 0 saturated carbocycles. The molecule has 0 aliphatic rings. The minimum absolute atomic E-state index is 0.0220. The first-order valence-corrected chi connectivity index (χ1v) is 8.77. The van der Waals surface area contributed by atoms with Gasteiger partial charge >= 0.3 is 0 Å². The van der Waals surface area contributed by atoms with Crippen molar-refractivity contribution < 1.29 is 14.0 Å². The van der Waals surface area contributed by atoms with E-state index in [1.54, 1.807) is 43.3 Å². The van der Waals surface area contributed by atoms with Crippen molar-refractivity contribution in [2.75, 3.05) is 7.05 Å². The second kappa shape index (κ2) is 9.01. The number of hydrogen-bond donors (Lipinski definition) is 1. The van der Waals surface area contributed by atoms with Gasteiger partial charge in [0, 0.05) is 29.2 Å². The number of halogens is 3. The normalized spacial score (nSPS) is 11.7. The van der Waals surface area contributed by atoms with Crippen LogP contribution in [0.4, 0.5) is 4.39 Å². The second-order valence-electron chi connectivity index (χ2n) is 5.82. The van der Waals surface area contributed by atoms with E-state index >= 15 is 0 Å². The van der Waals surface area contributed by atoms with Crippen LogP contribution in [0, 0.1) is 5.82 Å². The van der Waals surface area contributed by atoms with Crippen molar-refractivity contribution in [3.8, 4) is 0 Å². The maximum atomic E-state index is 14.0. The standard InChI is InChI=1S/C19H19Cl2FN2O2/c1-12(19(26)23-2)24(11-14-5-3-4-6-17(14)22)18(25)9-13-7-8-15(20)10-16(13)21/h3-8,10,12H,9,11H2,1-2H3,(H,23,26)/t12-/m0/s1. The van der Waals surface area contributed by atoms with E-state index in [4.69, 9.17) is 23.2 Å². The third kappa shape index (κ3) is 4.96. The zero-order chi connectivity index (χ0) is 19.3. The summed E-state index contributed by atoms with van der Waals surface area (Å²) in [6.07, 6.45) is -0.0220. The zero-order valence-electron chi connectivity index (χ0n) is 14.4. The van der Waals surface area contributed by atoms with Gasteiger partial charge in [0.25, 0.3) is 0 Å². The molecule has 0 aliphatic heterocycles. The average Bonchev–Trinajstić information content (AvgIpc) is 2.62. The topological polar surface area (TPSA) is 49.4 Å². The first-order valence-electron chi connectivity index (χ1n) is 8.02. The van der Waals surface area contributed by atoms with E-state index in [1.165, 1.54) is 18.0 Å². The van der Waals surface area contributed by atoms with Gasteiger partial charge in [0.1, 0.15) is 11.9 Å². The molecule has 1 N–H and O–H groups in total. The SMILES string of the molecule is CNC(=O)[C@H](C)N(Cc1ccccc1F)C(=O)Cc1ccc(Cl)cc1Cl. The Morgan fingerprint density at radius 3 is 2.46 bits per heavy atom. The molecule has 2 amide bonds. The molecule has 0 saturated heterocycles. The molecule has 2 rings (SSSR count). The highest BCUT2D eigenvalue weighted by Crippen LogP contribution is 2.23. The maximum absolute atomic E-state index is 14.0. The lowest BCUT2D eigenvalue weighted by molar-refractivity contribution is -0.139. The van der Waals surface area contributed by atoms with E-state index < -0.39 is 11.9 Å². The molecule has 0 bridgehead atoms. The lowest BCUT2D eigenvalue weighted by atomic mass is 10.1. The van der Waals surface area contributed by atoms with Crippen molar-refractivity contribution in [1.82, 2.24) is 10.2 Å². The van der Waals surface area contributed by atoms with E-state index in [1.807, 2.05) is 0 Å². The van der Waals surface area contributed by atoms with Gasteiger partial charge in [0.15, 0.2) is 0 Å². The Balaban J connectivity index is 2.28. The average molecular weight is 397 g/mol. The molecular formula is C19H19Cl2FN2O2. The van der Waals surface area contributed by atoms with Crippen LogP contribution in [-0.4, -0.2) is 29.8 Å². The molecule has 2 aromatic rings. The quantitative estimate of drug-likeness (QED) is 0.806. The molecule has 26 heavy (non-hydrogen) atoms. The van der Waals surface area contributed by atoms with Gasteiger partial charge in [-0.25, -0.2) is 4.39 Å². The number of nitrogens with zero attached hydrogens (tertiary/aromatic N) is 1. The van der Waals surface area contributed by atoms with Gasteiger partial charge in [-0.3, -0.25) is 9.59 Å². The summed E-state index contributed by atoms with van der Waals surface area (Å²) in [4.78, 5) is 26.2. The molecule has 138 valence electrons. The molecule has 0 heterocycles. The Kier molecular flexibility index (Phi) is 7.00. The fourth-order valence-electron chi connectivity index (χ4n) is 2.53. The Hall–Kier alpha value is -2.11. The zero-order valence-corrected chi connectivity index (χ0v) is 15.9. The minimum Gasteiger partial charge on any atom is -0.357 e. The van der Waals surface area contributed by atoms with Crippen molar-refractivity contribution in [1.29, 1.82) is 0 Å². The Labute approximate surface area is 161 Å². The smallest absolute Gasteiger partial charge is 0.242 e. The third-order valence-corrected chi connectivity index (χ3v) is 4.66. The number of rotatable bonds is 6. The van der Waals surface area contributed by atoms with Crippen LogP contribution >= 0.6 is 23.2 Å². The molecule has 2 aromatic carbocycles. The van der Waals surface area contributed by atoms with Crippen molar-refractivity contribution in [3.63, 3.8) is 0 Å². The van der Waals surface area contributed by atoms with Gasteiger partial charge in [0.05, 0.1) is 6.42 Å². The Morgan fingerprint density at radius 1 is 1.15 bits per heavy atom. The molecule has 7 heteroatoms. The van der Waals surface area contributed by atoms with Gasteiger partial charge in [-0.1, -0.05) is 47.5 Å². The van der Waals surface area contributed by atoms with Crippen LogP contribution in [0.25, 0.3) is 0 Å². The number of hydrogen-bond acceptors (Lipinski definition) is 2. The third-order valence-electron chi connectivity index (χ3n) is 4.07. The fraction of sp³-hybridized carbons (Fsp3) is 0.263. The monoisotopic (exact) mass is 396 g/mol. The molecule has 4 nitrogen and oxygen atoms in total. The Bertz CT molecular complexity index is 814. The van der Waals surface area contributed by atoms with E-state index in [-0.39, 0.29) is 24.8 Å². The maximum Gasteiger partial charge on any atom is 0.242 e. The highest BCUT2D eigenvalue weighted by atomic mass is 35.5. The predicted molar refractivity (Wildman–Crippen MR) is 101 cm³/mol. The van der Waals surface area contributed by atoms with Crippen LogP contribution in [0.15, 0.2) is 42.5 Å².